The van der Waals surface area contributed by atoms with Crippen LogP contribution in [0.4, 0.5) is 0 Å². The molecule has 0 saturated carbocycles. The van der Waals surface area contributed by atoms with Gasteiger partial charge in [-0.05, 0) is 24.6 Å². The highest BCUT2D eigenvalue weighted by Gasteiger charge is 2.06. The summed E-state index contributed by atoms with van der Waals surface area (Å²) in [6.07, 6.45) is 0. The Hall–Kier alpha value is -1.73. The molecular formula is C16H21NO4S. The third-order valence-corrected chi connectivity index (χ3v) is 3.56. The smallest absolute Gasteiger partial charge is 0.294 e. The molecule has 0 radical (unpaired) electrons. The largest absolute Gasteiger partial charge is 0.375 e. The van der Waals surface area contributed by atoms with Crippen molar-refractivity contribution in [2.75, 3.05) is 13.2 Å². The maximum absolute atomic E-state index is 10.5. The van der Waals surface area contributed by atoms with Gasteiger partial charge in [0.2, 0.25) is 0 Å². The van der Waals surface area contributed by atoms with Crippen LogP contribution < -0.4 is 5.73 Å². The van der Waals surface area contributed by atoms with Crippen LogP contribution in [-0.2, 0) is 21.5 Å². The number of hydrogen-bond acceptors (Lipinski definition) is 4. The Morgan fingerprint density at radius 1 is 1.05 bits per heavy atom. The Bertz CT molecular complexity index is 640. The van der Waals surface area contributed by atoms with Crippen molar-refractivity contribution >= 4 is 10.1 Å². The molecule has 0 aliphatic heterocycles. The van der Waals surface area contributed by atoms with Crippen molar-refractivity contribution < 1.29 is 17.7 Å². The van der Waals surface area contributed by atoms with Gasteiger partial charge < -0.3 is 10.5 Å². The monoisotopic (exact) mass is 323 g/mol. The first-order chi connectivity index (χ1) is 10.4. The second-order valence-electron chi connectivity index (χ2n) is 4.61. The molecule has 2 aromatic rings. The number of aryl methyl sites for hydroxylation is 1. The predicted molar refractivity (Wildman–Crippen MR) is 86.1 cm³/mol. The molecule has 2 aromatic carbocycles. The molecule has 0 aliphatic carbocycles. The van der Waals surface area contributed by atoms with Crippen molar-refractivity contribution in [2.24, 2.45) is 5.73 Å². The highest BCUT2D eigenvalue weighted by Crippen LogP contribution is 2.08. The summed E-state index contributed by atoms with van der Waals surface area (Å²) in [6.45, 7) is 3.73. The fourth-order valence-electron chi connectivity index (χ4n) is 1.56. The van der Waals surface area contributed by atoms with Crippen LogP contribution in [0.2, 0.25) is 0 Å². The van der Waals surface area contributed by atoms with E-state index in [1.165, 1.54) is 17.7 Å². The van der Waals surface area contributed by atoms with E-state index in [-0.39, 0.29) is 4.90 Å². The van der Waals surface area contributed by atoms with Gasteiger partial charge in [-0.3, -0.25) is 4.55 Å². The third-order valence-electron chi connectivity index (χ3n) is 2.69. The summed E-state index contributed by atoms with van der Waals surface area (Å²) in [4.78, 5) is -0.0666. The van der Waals surface area contributed by atoms with E-state index in [4.69, 9.17) is 15.0 Å². The summed E-state index contributed by atoms with van der Waals surface area (Å²) in [6, 6.07) is 16.1. The molecule has 5 nitrogen and oxygen atoms in total. The van der Waals surface area contributed by atoms with Crippen LogP contribution >= 0.6 is 0 Å². The zero-order valence-corrected chi connectivity index (χ0v) is 13.3. The summed E-state index contributed by atoms with van der Waals surface area (Å²) in [7, 11) is -4.02. The van der Waals surface area contributed by atoms with Crippen molar-refractivity contribution in [2.45, 2.75) is 18.4 Å². The quantitative estimate of drug-likeness (QED) is 0.651. The Balaban J connectivity index is 0.000000220. The summed E-state index contributed by atoms with van der Waals surface area (Å²) >= 11 is 0. The maximum atomic E-state index is 10.5. The van der Waals surface area contributed by atoms with Gasteiger partial charge in [-0.25, -0.2) is 0 Å². The van der Waals surface area contributed by atoms with Gasteiger partial charge in [0.15, 0.2) is 0 Å². The van der Waals surface area contributed by atoms with E-state index in [0.29, 0.717) is 19.8 Å². The second-order valence-corrected chi connectivity index (χ2v) is 6.04. The average Bonchev–Trinajstić information content (AvgIpc) is 2.49. The van der Waals surface area contributed by atoms with E-state index in [0.717, 1.165) is 5.56 Å². The Morgan fingerprint density at radius 2 is 1.64 bits per heavy atom. The number of hydrogen-bond donors (Lipinski definition) is 2. The summed E-state index contributed by atoms with van der Waals surface area (Å²) in [5.74, 6) is 0. The van der Waals surface area contributed by atoms with Gasteiger partial charge in [-0.1, -0.05) is 48.0 Å². The molecule has 0 unspecified atom stereocenters. The first-order valence-corrected chi connectivity index (χ1v) is 8.23. The Kier molecular flexibility index (Phi) is 7.76. The molecule has 0 fully saturated rings. The van der Waals surface area contributed by atoms with Crippen molar-refractivity contribution in [3.05, 3.63) is 65.7 Å². The average molecular weight is 323 g/mol. The van der Waals surface area contributed by atoms with E-state index in [1.807, 2.05) is 37.3 Å². The molecular weight excluding hydrogens is 302 g/mol. The van der Waals surface area contributed by atoms with Crippen molar-refractivity contribution in [3.8, 4) is 0 Å². The first-order valence-electron chi connectivity index (χ1n) is 6.79. The molecule has 3 N–H and O–H groups in total. The van der Waals surface area contributed by atoms with Gasteiger partial charge in [-0.15, -0.1) is 0 Å². The molecule has 0 aliphatic rings. The van der Waals surface area contributed by atoms with Gasteiger partial charge in [0, 0.05) is 6.54 Å². The number of nitrogens with two attached hydrogens (primary N) is 1. The summed E-state index contributed by atoms with van der Waals surface area (Å²) in [5, 5.41) is 0. The van der Waals surface area contributed by atoms with Crippen LogP contribution in [0.25, 0.3) is 0 Å². The highest BCUT2D eigenvalue weighted by atomic mass is 32.2. The fraction of sp³-hybridized carbons (Fsp3) is 0.250. The molecule has 0 saturated heterocycles. The molecule has 0 amide bonds. The van der Waals surface area contributed by atoms with E-state index in [2.05, 4.69) is 0 Å². The minimum absolute atomic E-state index is 0.0666. The van der Waals surface area contributed by atoms with Crippen LogP contribution in [0.3, 0.4) is 0 Å². The molecule has 2 rings (SSSR count). The van der Waals surface area contributed by atoms with E-state index >= 15 is 0 Å². The van der Waals surface area contributed by atoms with Crippen molar-refractivity contribution in [1.29, 1.82) is 0 Å². The number of ether oxygens (including phenoxy) is 1. The molecule has 0 heterocycles. The minimum atomic E-state index is -4.02. The minimum Gasteiger partial charge on any atom is -0.375 e. The molecule has 0 atom stereocenters. The van der Waals surface area contributed by atoms with Crippen LogP contribution in [0, 0.1) is 6.92 Å². The van der Waals surface area contributed by atoms with Crippen molar-refractivity contribution in [3.63, 3.8) is 0 Å². The number of benzene rings is 2. The fourth-order valence-corrected chi connectivity index (χ4v) is 2.04. The molecule has 0 spiro atoms. The van der Waals surface area contributed by atoms with Gasteiger partial charge in [-0.2, -0.15) is 8.42 Å². The third kappa shape index (κ3) is 7.33. The first kappa shape index (κ1) is 18.3. The lowest BCUT2D eigenvalue weighted by Crippen LogP contribution is -2.07. The molecule has 0 aromatic heterocycles. The Morgan fingerprint density at radius 3 is 2.14 bits per heavy atom. The standard InChI is InChI=1S/C9H13NO.C7H8O3S/c10-6-7-11-8-9-4-2-1-3-5-9;1-6-2-4-7(5-3-6)11(8,9)10/h1-5H,6-8,10H2;2-5H,1H3,(H,8,9,10). The summed E-state index contributed by atoms with van der Waals surface area (Å²) < 4.78 is 34.8. The number of rotatable bonds is 5. The zero-order chi connectivity index (χ0) is 16.4. The van der Waals surface area contributed by atoms with Gasteiger partial charge >= 0.3 is 0 Å². The molecule has 120 valence electrons. The van der Waals surface area contributed by atoms with Gasteiger partial charge in [0.05, 0.1) is 18.1 Å². The lowest BCUT2D eigenvalue weighted by molar-refractivity contribution is 0.128. The lowest BCUT2D eigenvalue weighted by atomic mass is 10.2. The Labute approximate surface area is 131 Å². The van der Waals surface area contributed by atoms with Crippen LogP contribution in [0.15, 0.2) is 59.5 Å². The predicted octanol–water partition coefficient (Wildman–Crippen LogP) is 2.40. The molecule has 22 heavy (non-hydrogen) atoms. The van der Waals surface area contributed by atoms with Crippen LogP contribution in [0.1, 0.15) is 11.1 Å². The van der Waals surface area contributed by atoms with Gasteiger partial charge in [0.25, 0.3) is 10.1 Å². The molecule has 6 heteroatoms. The van der Waals surface area contributed by atoms with Crippen LogP contribution in [-0.4, -0.2) is 26.1 Å². The van der Waals surface area contributed by atoms with Gasteiger partial charge in [0.1, 0.15) is 0 Å². The highest BCUT2D eigenvalue weighted by molar-refractivity contribution is 7.85. The second kappa shape index (κ2) is 9.32. The van der Waals surface area contributed by atoms with E-state index in [1.54, 1.807) is 12.1 Å². The zero-order valence-electron chi connectivity index (χ0n) is 12.5. The van der Waals surface area contributed by atoms with E-state index < -0.39 is 10.1 Å². The topological polar surface area (TPSA) is 89.6 Å². The SMILES string of the molecule is Cc1ccc(S(=O)(=O)O)cc1.NCCOCc1ccccc1. The summed E-state index contributed by atoms with van der Waals surface area (Å²) in [5.41, 5.74) is 7.42. The maximum Gasteiger partial charge on any atom is 0.294 e. The lowest BCUT2D eigenvalue weighted by Gasteiger charge is -2.00. The van der Waals surface area contributed by atoms with E-state index in [9.17, 15) is 8.42 Å². The van der Waals surface area contributed by atoms with Crippen LogP contribution in [0.5, 0.6) is 0 Å². The van der Waals surface area contributed by atoms with Crippen molar-refractivity contribution in [1.82, 2.24) is 0 Å². The molecule has 0 bridgehead atoms. The normalized spacial score (nSPS) is 10.7.